The molecule has 0 unspecified atom stereocenters. The predicted molar refractivity (Wildman–Crippen MR) is 46.4 cm³/mol. The Balaban J connectivity index is 2.27. The molecule has 0 saturated heterocycles. The number of furan rings is 1. The summed E-state index contributed by atoms with van der Waals surface area (Å²) in [6, 6.07) is 1.91. The summed E-state index contributed by atoms with van der Waals surface area (Å²) in [6.07, 6.45) is 2.75. The van der Waals surface area contributed by atoms with Gasteiger partial charge in [0.25, 0.3) is 0 Å². The van der Waals surface area contributed by atoms with Gasteiger partial charge in [0.1, 0.15) is 0 Å². The zero-order valence-corrected chi connectivity index (χ0v) is 8.06. The molecule has 0 saturated carbocycles. The van der Waals surface area contributed by atoms with Gasteiger partial charge in [-0.15, -0.1) is 0 Å². The summed E-state index contributed by atoms with van der Waals surface area (Å²) in [5.74, 6) is 0. The smallest absolute Gasteiger partial charge is 0.169 e. The lowest BCUT2D eigenvalue weighted by Crippen LogP contribution is -1.91. The maximum Gasteiger partial charge on any atom is 0.169 e. The molecular weight excluding hydrogens is 208 g/mol. The van der Waals surface area contributed by atoms with E-state index in [2.05, 4.69) is 22.9 Å². The minimum atomic E-state index is 0.642. The molecule has 1 aromatic heterocycles. The molecule has 2 nitrogen and oxygen atoms in total. The van der Waals surface area contributed by atoms with Crippen molar-refractivity contribution < 1.29 is 9.15 Å². The molecular formula is C8H11BrO2. The molecule has 1 heterocycles. The van der Waals surface area contributed by atoms with Crippen LogP contribution in [0.4, 0.5) is 0 Å². The van der Waals surface area contributed by atoms with Crippen molar-refractivity contribution in [3.05, 3.63) is 22.6 Å². The maximum absolute atomic E-state index is 5.30. The SMILES string of the molecule is CCCOCc1coc(Br)c1. The first kappa shape index (κ1) is 8.81. The molecule has 0 fully saturated rings. The van der Waals surface area contributed by atoms with Crippen LogP contribution in [0.25, 0.3) is 0 Å². The van der Waals surface area contributed by atoms with Crippen LogP contribution in [0.3, 0.4) is 0 Å². The van der Waals surface area contributed by atoms with Gasteiger partial charge in [0.15, 0.2) is 4.67 Å². The van der Waals surface area contributed by atoms with Crippen LogP contribution in [0.15, 0.2) is 21.4 Å². The first-order valence-electron chi connectivity index (χ1n) is 3.63. The van der Waals surface area contributed by atoms with Gasteiger partial charge in [-0.2, -0.15) is 0 Å². The minimum Gasteiger partial charge on any atom is -0.457 e. The van der Waals surface area contributed by atoms with Gasteiger partial charge in [-0.25, -0.2) is 0 Å². The van der Waals surface area contributed by atoms with E-state index < -0.39 is 0 Å². The molecule has 0 amide bonds. The van der Waals surface area contributed by atoms with Crippen LogP contribution in [-0.4, -0.2) is 6.61 Å². The van der Waals surface area contributed by atoms with E-state index in [0.717, 1.165) is 23.3 Å². The third-order valence-electron chi connectivity index (χ3n) is 1.24. The molecule has 1 rings (SSSR count). The molecule has 0 aromatic carbocycles. The Hall–Kier alpha value is -0.280. The fourth-order valence-corrected chi connectivity index (χ4v) is 1.14. The van der Waals surface area contributed by atoms with E-state index >= 15 is 0 Å². The first-order chi connectivity index (χ1) is 5.33. The third-order valence-corrected chi connectivity index (χ3v) is 1.65. The zero-order valence-electron chi connectivity index (χ0n) is 6.47. The summed E-state index contributed by atoms with van der Waals surface area (Å²) >= 11 is 3.22. The molecule has 3 heteroatoms. The largest absolute Gasteiger partial charge is 0.457 e. The highest BCUT2D eigenvalue weighted by molar-refractivity contribution is 9.10. The van der Waals surface area contributed by atoms with Crippen molar-refractivity contribution in [1.82, 2.24) is 0 Å². The quantitative estimate of drug-likeness (QED) is 0.726. The highest BCUT2D eigenvalue weighted by Crippen LogP contribution is 2.14. The highest BCUT2D eigenvalue weighted by atomic mass is 79.9. The van der Waals surface area contributed by atoms with E-state index in [1.54, 1.807) is 6.26 Å². The van der Waals surface area contributed by atoms with E-state index in [1.807, 2.05) is 6.07 Å². The summed E-state index contributed by atoms with van der Waals surface area (Å²) in [7, 11) is 0. The summed E-state index contributed by atoms with van der Waals surface area (Å²) < 4.78 is 11.1. The fourth-order valence-electron chi connectivity index (χ4n) is 0.756. The number of hydrogen-bond donors (Lipinski definition) is 0. The summed E-state index contributed by atoms with van der Waals surface area (Å²) in [4.78, 5) is 0. The van der Waals surface area contributed by atoms with Crippen molar-refractivity contribution >= 4 is 15.9 Å². The van der Waals surface area contributed by atoms with Gasteiger partial charge >= 0.3 is 0 Å². The minimum absolute atomic E-state index is 0.642. The highest BCUT2D eigenvalue weighted by Gasteiger charge is 1.97. The summed E-state index contributed by atoms with van der Waals surface area (Å²) in [5, 5.41) is 0. The molecule has 0 radical (unpaired) electrons. The second-order valence-corrected chi connectivity index (χ2v) is 3.09. The lowest BCUT2D eigenvalue weighted by Gasteiger charge is -1.97. The van der Waals surface area contributed by atoms with Gasteiger partial charge in [-0.3, -0.25) is 0 Å². The molecule has 11 heavy (non-hydrogen) atoms. The first-order valence-corrected chi connectivity index (χ1v) is 4.43. The van der Waals surface area contributed by atoms with E-state index in [9.17, 15) is 0 Å². The molecule has 1 aromatic rings. The summed E-state index contributed by atoms with van der Waals surface area (Å²) in [6.45, 7) is 3.54. The van der Waals surface area contributed by atoms with Crippen LogP contribution in [0, 0.1) is 0 Å². The Morgan fingerprint density at radius 3 is 3.00 bits per heavy atom. The van der Waals surface area contributed by atoms with E-state index in [4.69, 9.17) is 9.15 Å². The molecule has 62 valence electrons. The standard InChI is InChI=1S/C8H11BrO2/c1-2-3-10-5-7-4-8(9)11-6-7/h4,6H,2-3,5H2,1H3. The van der Waals surface area contributed by atoms with Crippen LogP contribution >= 0.6 is 15.9 Å². The van der Waals surface area contributed by atoms with E-state index in [0.29, 0.717) is 6.61 Å². The van der Waals surface area contributed by atoms with Crippen molar-refractivity contribution in [3.63, 3.8) is 0 Å². The molecule has 0 N–H and O–H groups in total. The van der Waals surface area contributed by atoms with Gasteiger partial charge < -0.3 is 9.15 Å². The Kier molecular flexibility index (Phi) is 3.66. The van der Waals surface area contributed by atoms with Gasteiger partial charge in [-0.1, -0.05) is 6.92 Å². The van der Waals surface area contributed by atoms with Gasteiger partial charge in [0.2, 0.25) is 0 Å². The number of hydrogen-bond acceptors (Lipinski definition) is 2. The van der Waals surface area contributed by atoms with Crippen LogP contribution in [0.5, 0.6) is 0 Å². The van der Waals surface area contributed by atoms with Crippen molar-refractivity contribution in [2.24, 2.45) is 0 Å². The Labute approximate surface area is 74.7 Å². The predicted octanol–water partition coefficient (Wildman–Crippen LogP) is 2.97. The van der Waals surface area contributed by atoms with Gasteiger partial charge in [0, 0.05) is 12.2 Å². The zero-order chi connectivity index (χ0) is 8.10. The Morgan fingerprint density at radius 2 is 2.45 bits per heavy atom. The number of rotatable bonds is 4. The monoisotopic (exact) mass is 218 g/mol. The van der Waals surface area contributed by atoms with Crippen LogP contribution in [0.1, 0.15) is 18.9 Å². The van der Waals surface area contributed by atoms with Crippen molar-refractivity contribution in [2.75, 3.05) is 6.61 Å². The van der Waals surface area contributed by atoms with Gasteiger partial charge in [-0.05, 0) is 28.4 Å². The van der Waals surface area contributed by atoms with Crippen molar-refractivity contribution in [1.29, 1.82) is 0 Å². The number of ether oxygens (including phenoxy) is 1. The van der Waals surface area contributed by atoms with Crippen LogP contribution in [-0.2, 0) is 11.3 Å². The second-order valence-electron chi connectivity index (χ2n) is 2.31. The molecule has 0 aliphatic rings. The Bertz CT molecular complexity index is 208. The lowest BCUT2D eigenvalue weighted by atomic mass is 10.4. The normalized spacial score (nSPS) is 10.4. The fraction of sp³-hybridized carbons (Fsp3) is 0.500. The maximum atomic E-state index is 5.30. The molecule has 0 bridgehead atoms. The van der Waals surface area contributed by atoms with Crippen LogP contribution in [0.2, 0.25) is 0 Å². The molecule has 0 aliphatic heterocycles. The average Bonchev–Trinajstić information content (AvgIpc) is 2.37. The topological polar surface area (TPSA) is 22.4 Å². The third kappa shape index (κ3) is 3.08. The average molecular weight is 219 g/mol. The van der Waals surface area contributed by atoms with Crippen molar-refractivity contribution in [3.8, 4) is 0 Å². The lowest BCUT2D eigenvalue weighted by molar-refractivity contribution is 0.121. The molecule has 0 atom stereocenters. The molecule has 0 aliphatic carbocycles. The van der Waals surface area contributed by atoms with Crippen LogP contribution < -0.4 is 0 Å². The van der Waals surface area contributed by atoms with E-state index in [1.165, 1.54) is 0 Å². The van der Waals surface area contributed by atoms with Gasteiger partial charge in [0.05, 0.1) is 12.9 Å². The Morgan fingerprint density at radius 1 is 1.64 bits per heavy atom. The summed E-state index contributed by atoms with van der Waals surface area (Å²) in [5.41, 5.74) is 1.07. The van der Waals surface area contributed by atoms with E-state index in [-0.39, 0.29) is 0 Å². The van der Waals surface area contributed by atoms with Crippen molar-refractivity contribution in [2.45, 2.75) is 20.0 Å². The molecule has 0 spiro atoms. The second kappa shape index (κ2) is 4.57. The number of halogens is 1.